The standard InChI is InChI=1S/C23H19NO4/c25-20(21-13-7-15-28-21)16-23(27)18-11-4-5-12-19(18)24(22(23)26)14-6-10-17-8-2-1-3-9-17/h1-13,15,27H,14,16H2/b10-6+. The number of carbonyl (C=O) groups is 2. The van der Waals surface area contributed by atoms with Crippen molar-refractivity contribution in [2.24, 2.45) is 0 Å². The quantitative estimate of drug-likeness (QED) is 0.667. The number of nitrogens with zero attached hydrogens (tertiary/aromatic N) is 1. The van der Waals surface area contributed by atoms with Gasteiger partial charge in [-0.2, -0.15) is 0 Å². The molecule has 0 bridgehead atoms. The lowest BCUT2D eigenvalue weighted by molar-refractivity contribution is -0.135. The molecule has 1 N–H and O–H groups in total. The summed E-state index contributed by atoms with van der Waals surface area (Å²) in [5, 5.41) is 11.2. The van der Waals surface area contributed by atoms with Crippen molar-refractivity contribution < 1.29 is 19.1 Å². The lowest BCUT2D eigenvalue weighted by Gasteiger charge is -2.21. The lowest BCUT2D eigenvalue weighted by atomic mass is 9.89. The Morgan fingerprint density at radius 2 is 1.79 bits per heavy atom. The number of benzene rings is 2. The first-order valence-corrected chi connectivity index (χ1v) is 9.02. The largest absolute Gasteiger partial charge is 0.461 e. The highest BCUT2D eigenvalue weighted by atomic mass is 16.3. The van der Waals surface area contributed by atoms with Gasteiger partial charge in [-0.05, 0) is 23.8 Å². The van der Waals surface area contributed by atoms with E-state index in [9.17, 15) is 14.7 Å². The minimum absolute atomic E-state index is 0.126. The third-order valence-corrected chi connectivity index (χ3v) is 4.85. The van der Waals surface area contributed by atoms with Gasteiger partial charge in [0.05, 0.1) is 18.4 Å². The van der Waals surface area contributed by atoms with Crippen LogP contribution in [0.1, 0.15) is 28.1 Å². The second-order valence-corrected chi connectivity index (χ2v) is 6.68. The van der Waals surface area contributed by atoms with Gasteiger partial charge in [0.1, 0.15) is 0 Å². The molecule has 1 aliphatic rings. The van der Waals surface area contributed by atoms with Gasteiger partial charge in [0.25, 0.3) is 5.91 Å². The molecule has 5 nitrogen and oxygen atoms in total. The molecule has 0 saturated carbocycles. The zero-order valence-corrected chi connectivity index (χ0v) is 15.1. The molecule has 28 heavy (non-hydrogen) atoms. The first kappa shape index (κ1) is 17.9. The molecular weight excluding hydrogens is 354 g/mol. The van der Waals surface area contributed by atoms with E-state index >= 15 is 0 Å². The molecular formula is C23H19NO4. The summed E-state index contributed by atoms with van der Waals surface area (Å²) < 4.78 is 5.12. The number of Topliss-reactive ketones (excluding diaryl/α,β-unsaturated/α-hetero) is 1. The van der Waals surface area contributed by atoms with Crippen LogP contribution in [0, 0.1) is 0 Å². The Balaban J connectivity index is 1.60. The van der Waals surface area contributed by atoms with Crippen LogP contribution < -0.4 is 4.90 Å². The van der Waals surface area contributed by atoms with Gasteiger partial charge in [0, 0.05) is 12.1 Å². The molecule has 140 valence electrons. The molecule has 1 unspecified atom stereocenters. The van der Waals surface area contributed by atoms with Crippen molar-refractivity contribution in [3.63, 3.8) is 0 Å². The van der Waals surface area contributed by atoms with Crippen LogP contribution in [0.3, 0.4) is 0 Å². The molecule has 2 heterocycles. The van der Waals surface area contributed by atoms with Crippen LogP contribution in [0.2, 0.25) is 0 Å². The SMILES string of the molecule is O=C(CC1(O)C(=O)N(C/C=C/c2ccccc2)c2ccccc21)c1ccco1. The number of anilines is 1. The van der Waals surface area contributed by atoms with E-state index in [4.69, 9.17) is 4.42 Å². The average Bonchev–Trinajstić information content (AvgIpc) is 3.32. The van der Waals surface area contributed by atoms with E-state index < -0.39 is 17.3 Å². The van der Waals surface area contributed by atoms with E-state index in [2.05, 4.69) is 0 Å². The van der Waals surface area contributed by atoms with Crippen molar-refractivity contribution in [3.05, 3.63) is 96.0 Å². The number of hydrogen-bond acceptors (Lipinski definition) is 4. The summed E-state index contributed by atoms with van der Waals surface area (Å²) in [6.45, 7) is 0.294. The average molecular weight is 373 g/mol. The zero-order valence-electron chi connectivity index (χ0n) is 15.1. The fraction of sp³-hybridized carbons (Fsp3) is 0.130. The predicted molar refractivity (Wildman–Crippen MR) is 106 cm³/mol. The minimum Gasteiger partial charge on any atom is -0.461 e. The second kappa shape index (κ2) is 7.29. The van der Waals surface area contributed by atoms with Crippen LogP contribution in [0.15, 0.2) is 83.5 Å². The Bertz CT molecular complexity index is 1020. The van der Waals surface area contributed by atoms with Crippen LogP contribution in [0.4, 0.5) is 5.69 Å². The Labute approximate surface area is 162 Å². The zero-order chi connectivity index (χ0) is 19.6. The lowest BCUT2D eigenvalue weighted by Crippen LogP contribution is -2.41. The monoisotopic (exact) mass is 373 g/mol. The Kier molecular flexibility index (Phi) is 4.67. The predicted octanol–water partition coefficient (Wildman–Crippen LogP) is 3.80. The van der Waals surface area contributed by atoms with Gasteiger partial charge in [-0.15, -0.1) is 0 Å². The van der Waals surface area contributed by atoms with Gasteiger partial charge < -0.3 is 14.4 Å². The maximum Gasteiger partial charge on any atom is 0.264 e. The van der Waals surface area contributed by atoms with Crippen LogP contribution in [0.5, 0.6) is 0 Å². The molecule has 1 aromatic heterocycles. The van der Waals surface area contributed by atoms with Gasteiger partial charge in [-0.3, -0.25) is 9.59 Å². The number of fused-ring (bicyclic) bond motifs is 1. The fourth-order valence-electron chi connectivity index (χ4n) is 3.47. The van der Waals surface area contributed by atoms with Gasteiger partial charge >= 0.3 is 0 Å². The van der Waals surface area contributed by atoms with Crippen molar-refractivity contribution in [3.8, 4) is 0 Å². The summed E-state index contributed by atoms with van der Waals surface area (Å²) in [4.78, 5) is 27.1. The normalized spacial score (nSPS) is 18.6. The van der Waals surface area contributed by atoms with Gasteiger partial charge in [-0.25, -0.2) is 0 Å². The molecule has 0 fully saturated rings. The number of carbonyl (C=O) groups excluding carboxylic acids is 2. The van der Waals surface area contributed by atoms with Crippen LogP contribution in [-0.4, -0.2) is 23.3 Å². The van der Waals surface area contributed by atoms with Gasteiger partial charge in [-0.1, -0.05) is 60.7 Å². The summed E-state index contributed by atoms with van der Waals surface area (Å²) >= 11 is 0. The van der Waals surface area contributed by atoms with E-state index in [0.717, 1.165) is 5.56 Å². The number of amides is 1. The highest BCUT2D eigenvalue weighted by Gasteiger charge is 2.50. The van der Waals surface area contributed by atoms with Gasteiger partial charge in [0.15, 0.2) is 11.4 Å². The Morgan fingerprint density at radius 1 is 1.04 bits per heavy atom. The summed E-state index contributed by atoms with van der Waals surface area (Å²) in [7, 11) is 0. The van der Waals surface area contributed by atoms with Crippen LogP contribution in [0.25, 0.3) is 6.08 Å². The molecule has 2 aromatic carbocycles. The highest BCUT2D eigenvalue weighted by Crippen LogP contribution is 2.42. The molecule has 4 rings (SSSR count). The van der Waals surface area contributed by atoms with Crippen molar-refractivity contribution >= 4 is 23.5 Å². The van der Waals surface area contributed by atoms with Crippen molar-refractivity contribution in [2.75, 3.05) is 11.4 Å². The van der Waals surface area contributed by atoms with Crippen molar-refractivity contribution in [2.45, 2.75) is 12.0 Å². The number of ketones is 1. The van der Waals surface area contributed by atoms with E-state index in [1.807, 2.05) is 42.5 Å². The topological polar surface area (TPSA) is 70.8 Å². The van der Waals surface area contributed by atoms with Crippen LogP contribution >= 0.6 is 0 Å². The fourth-order valence-corrected chi connectivity index (χ4v) is 3.47. The molecule has 0 spiro atoms. The first-order valence-electron chi connectivity index (χ1n) is 9.02. The highest BCUT2D eigenvalue weighted by molar-refractivity contribution is 6.10. The summed E-state index contributed by atoms with van der Waals surface area (Å²) in [6, 6.07) is 19.9. The molecule has 0 radical (unpaired) electrons. The number of aliphatic hydroxyl groups is 1. The number of rotatable bonds is 6. The van der Waals surface area contributed by atoms with E-state index in [1.165, 1.54) is 17.2 Å². The maximum atomic E-state index is 13.1. The Morgan fingerprint density at radius 3 is 2.54 bits per heavy atom. The number of para-hydroxylation sites is 1. The van der Waals surface area contributed by atoms with E-state index in [-0.39, 0.29) is 12.2 Å². The Hall–Kier alpha value is -3.44. The molecule has 0 aliphatic carbocycles. The smallest absolute Gasteiger partial charge is 0.264 e. The third-order valence-electron chi connectivity index (χ3n) is 4.85. The summed E-state index contributed by atoms with van der Waals surface area (Å²) in [5.74, 6) is -0.801. The molecule has 1 aliphatic heterocycles. The first-order chi connectivity index (χ1) is 13.6. The van der Waals surface area contributed by atoms with E-state index in [0.29, 0.717) is 17.8 Å². The molecule has 1 amide bonds. The van der Waals surface area contributed by atoms with Crippen LogP contribution in [-0.2, 0) is 10.4 Å². The minimum atomic E-state index is -1.90. The number of furan rings is 1. The summed E-state index contributed by atoms with van der Waals surface area (Å²) in [5.41, 5.74) is 0.166. The summed E-state index contributed by atoms with van der Waals surface area (Å²) in [6.07, 6.45) is 4.81. The van der Waals surface area contributed by atoms with Gasteiger partial charge in [0.2, 0.25) is 5.78 Å². The maximum absolute atomic E-state index is 13.1. The van der Waals surface area contributed by atoms with E-state index in [1.54, 1.807) is 30.3 Å². The van der Waals surface area contributed by atoms with Crippen molar-refractivity contribution in [1.29, 1.82) is 0 Å². The molecule has 0 saturated heterocycles. The second-order valence-electron chi connectivity index (χ2n) is 6.68. The molecule has 5 heteroatoms. The molecule has 3 aromatic rings. The third kappa shape index (κ3) is 3.17. The molecule has 1 atom stereocenters. The number of hydrogen-bond donors (Lipinski definition) is 1. The van der Waals surface area contributed by atoms with Crippen molar-refractivity contribution in [1.82, 2.24) is 0 Å².